The van der Waals surface area contributed by atoms with Crippen molar-refractivity contribution in [3.8, 4) is 0 Å². The molecule has 1 aromatic carbocycles. The third-order valence-electron chi connectivity index (χ3n) is 2.86. The van der Waals surface area contributed by atoms with Gasteiger partial charge in [-0.3, -0.25) is 0 Å². The molecule has 1 atom stereocenters. The van der Waals surface area contributed by atoms with Gasteiger partial charge in [0, 0.05) is 11.1 Å². The summed E-state index contributed by atoms with van der Waals surface area (Å²) in [5.41, 5.74) is 0.0954. The van der Waals surface area contributed by atoms with Gasteiger partial charge in [0.1, 0.15) is 5.82 Å². The molecule has 0 heterocycles. The standard InChI is InChI=1S/C12H14ClFN2O/c1-7(8-2-3-8)15-12(17)16-11-6-9(13)4-5-10(11)14/h4-8H,2-3H2,1H3,(H2,15,16,17). The van der Waals surface area contributed by atoms with Crippen LogP contribution in [0.1, 0.15) is 19.8 Å². The molecule has 2 amide bonds. The summed E-state index contributed by atoms with van der Waals surface area (Å²) < 4.78 is 13.3. The highest BCUT2D eigenvalue weighted by Gasteiger charge is 2.28. The number of nitrogens with one attached hydrogen (secondary N) is 2. The fraction of sp³-hybridized carbons (Fsp3) is 0.417. The summed E-state index contributed by atoms with van der Waals surface area (Å²) in [6.07, 6.45) is 2.29. The van der Waals surface area contributed by atoms with Crippen LogP contribution in [0.2, 0.25) is 5.02 Å². The van der Waals surface area contributed by atoms with E-state index in [9.17, 15) is 9.18 Å². The Hall–Kier alpha value is -1.29. The Balaban J connectivity index is 1.94. The summed E-state index contributed by atoms with van der Waals surface area (Å²) in [5, 5.41) is 5.62. The molecule has 1 aliphatic carbocycles. The van der Waals surface area contributed by atoms with Crippen molar-refractivity contribution in [2.24, 2.45) is 5.92 Å². The number of benzene rings is 1. The third kappa shape index (κ3) is 3.33. The number of amides is 2. The largest absolute Gasteiger partial charge is 0.335 e. The first-order chi connectivity index (χ1) is 8.06. The summed E-state index contributed by atoms with van der Waals surface area (Å²) in [6.45, 7) is 1.95. The average molecular weight is 257 g/mol. The van der Waals surface area contributed by atoms with Gasteiger partial charge in [0.05, 0.1) is 5.69 Å². The van der Waals surface area contributed by atoms with E-state index in [1.165, 1.54) is 18.2 Å². The molecular weight excluding hydrogens is 243 g/mol. The van der Waals surface area contributed by atoms with Crippen LogP contribution in [-0.2, 0) is 0 Å². The van der Waals surface area contributed by atoms with E-state index in [0.29, 0.717) is 10.9 Å². The molecule has 2 N–H and O–H groups in total. The Bertz CT molecular complexity index is 435. The molecule has 1 saturated carbocycles. The van der Waals surface area contributed by atoms with E-state index in [4.69, 9.17) is 11.6 Å². The van der Waals surface area contributed by atoms with Crippen molar-refractivity contribution >= 4 is 23.3 Å². The second-order valence-corrected chi connectivity index (χ2v) is 4.79. The van der Waals surface area contributed by atoms with Gasteiger partial charge in [0.2, 0.25) is 0 Å². The number of hydrogen-bond acceptors (Lipinski definition) is 1. The van der Waals surface area contributed by atoms with E-state index >= 15 is 0 Å². The van der Waals surface area contributed by atoms with Crippen LogP contribution in [0, 0.1) is 11.7 Å². The highest BCUT2D eigenvalue weighted by atomic mass is 35.5. The summed E-state index contributed by atoms with van der Waals surface area (Å²) >= 11 is 5.73. The Morgan fingerprint density at radius 1 is 1.53 bits per heavy atom. The molecule has 17 heavy (non-hydrogen) atoms. The van der Waals surface area contributed by atoms with E-state index in [2.05, 4.69) is 10.6 Å². The van der Waals surface area contributed by atoms with E-state index in [0.717, 1.165) is 12.8 Å². The van der Waals surface area contributed by atoms with Crippen LogP contribution in [0.5, 0.6) is 0 Å². The summed E-state index contributed by atoms with van der Waals surface area (Å²) in [5.74, 6) is 0.0635. The topological polar surface area (TPSA) is 41.1 Å². The van der Waals surface area contributed by atoms with Gasteiger partial charge < -0.3 is 10.6 Å². The van der Waals surface area contributed by atoms with Crippen molar-refractivity contribution in [2.45, 2.75) is 25.8 Å². The number of urea groups is 1. The molecule has 3 nitrogen and oxygen atoms in total. The molecule has 0 aliphatic heterocycles. The fourth-order valence-corrected chi connectivity index (χ4v) is 1.84. The Morgan fingerprint density at radius 2 is 2.24 bits per heavy atom. The lowest BCUT2D eigenvalue weighted by molar-refractivity contribution is 0.248. The lowest BCUT2D eigenvalue weighted by Gasteiger charge is -2.14. The highest BCUT2D eigenvalue weighted by molar-refractivity contribution is 6.30. The third-order valence-corrected chi connectivity index (χ3v) is 3.10. The van der Waals surface area contributed by atoms with Gasteiger partial charge in [-0.05, 0) is 43.9 Å². The number of rotatable bonds is 3. The lowest BCUT2D eigenvalue weighted by Crippen LogP contribution is -2.37. The van der Waals surface area contributed by atoms with E-state index < -0.39 is 11.8 Å². The van der Waals surface area contributed by atoms with Crippen LogP contribution in [-0.4, -0.2) is 12.1 Å². The second kappa shape index (κ2) is 4.92. The molecule has 2 rings (SSSR count). The van der Waals surface area contributed by atoms with Gasteiger partial charge in [0.15, 0.2) is 0 Å². The summed E-state index contributed by atoms with van der Waals surface area (Å²) in [4.78, 5) is 11.6. The van der Waals surface area contributed by atoms with Gasteiger partial charge in [-0.1, -0.05) is 11.6 Å². The number of anilines is 1. The minimum Gasteiger partial charge on any atom is -0.335 e. The predicted molar refractivity (Wildman–Crippen MR) is 65.8 cm³/mol. The summed E-state index contributed by atoms with van der Waals surface area (Å²) in [6, 6.07) is 3.77. The Morgan fingerprint density at radius 3 is 2.88 bits per heavy atom. The first kappa shape index (κ1) is 12.2. The zero-order valence-electron chi connectivity index (χ0n) is 9.47. The second-order valence-electron chi connectivity index (χ2n) is 4.35. The minimum absolute atomic E-state index is 0.0954. The van der Waals surface area contributed by atoms with Gasteiger partial charge in [-0.25, -0.2) is 9.18 Å². The Labute approximate surface area is 104 Å². The molecule has 0 aromatic heterocycles. The van der Waals surface area contributed by atoms with Crippen LogP contribution in [0.15, 0.2) is 18.2 Å². The van der Waals surface area contributed by atoms with Crippen LogP contribution < -0.4 is 10.6 Å². The maximum atomic E-state index is 13.3. The molecule has 0 bridgehead atoms. The maximum Gasteiger partial charge on any atom is 0.319 e. The predicted octanol–water partition coefficient (Wildman–Crippen LogP) is 3.40. The zero-order valence-corrected chi connectivity index (χ0v) is 10.2. The van der Waals surface area contributed by atoms with Crippen molar-refractivity contribution in [3.63, 3.8) is 0 Å². The molecule has 0 radical (unpaired) electrons. The average Bonchev–Trinajstić information content (AvgIpc) is 3.06. The van der Waals surface area contributed by atoms with Gasteiger partial charge in [0.25, 0.3) is 0 Å². The molecule has 0 saturated heterocycles. The van der Waals surface area contributed by atoms with Gasteiger partial charge in [-0.2, -0.15) is 0 Å². The molecule has 1 unspecified atom stereocenters. The van der Waals surface area contributed by atoms with Crippen LogP contribution >= 0.6 is 11.6 Å². The van der Waals surface area contributed by atoms with Crippen molar-refractivity contribution < 1.29 is 9.18 Å². The van der Waals surface area contributed by atoms with E-state index in [1.54, 1.807) is 0 Å². The molecule has 1 aromatic rings. The molecule has 1 aliphatic rings. The van der Waals surface area contributed by atoms with Crippen molar-refractivity contribution in [2.75, 3.05) is 5.32 Å². The summed E-state index contributed by atoms with van der Waals surface area (Å²) in [7, 11) is 0. The molecule has 1 fully saturated rings. The van der Waals surface area contributed by atoms with Crippen LogP contribution in [0.3, 0.4) is 0 Å². The van der Waals surface area contributed by atoms with E-state index in [-0.39, 0.29) is 11.7 Å². The molecule has 0 spiro atoms. The maximum absolute atomic E-state index is 13.3. The monoisotopic (exact) mass is 256 g/mol. The Kier molecular flexibility index (Phi) is 3.52. The van der Waals surface area contributed by atoms with Crippen molar-refractivity contribution in [3.05, 3.63) is 29.0 Å². The SMILES string of the molecule is CC(NC(=O)Nc1cc(Cl)ccc1F)C1CC1. The fourth-order valence-electron chi connectivity index (χ4n) is 1.67. The van der Waals surface area contributed by atoms with Gasteiger partial charge >= 0.3 is 6.03 Å². The van der Waals surface area contributed by atoms with Crippen molar-refractivity contribution in [1.82, 2.24) is 5.32 Å². The van der Waals surface area contributed by atoms with Crippen LogP contribution in [0.25, 0.3) is 0 Å². The normalized spacial score (nSPS) is 16.4. The van der Waals surface area contributed by atoms with Gasteiger partial charge in [-0.15, -0.1) is 0 Å². The number of carbonyl (C=O) groups is 1. The smallest absolute Gasteiger partial charge is 0.319 e. The van der Waals surface area contributed by atoms with Crippen molar-refractivity contribution in [1.29, 1.82) is 0 Å². The quantitative estimate of drug-likeness (QED) is 0.855. The number of hydrogen-bond donors (Lipinski definition) is 2. The number of carbonyl (C=O) groups excluding carboxylic acids is 1. The van der Waals surface area contributed by atoms with Crippen LogP contribution in [0.4, 0.5) is 14.9 Å². The molecule has 92 valence electrons. The highest BCUT2D eigenvalue weighted by Crippen LogP contribution is 2.32. The number of halogens is 2. The minimum atomic E-state index is -0.497. The zero-order chi connectivity index (χ0) is 12.4. The first-order valence-corrected chi connectivity index (χ1v) is 5.96. The molecule has 5 heteroatoms. The molecular formula is C12H14ClFN2O. The first-order valence-electron chi connectivity index (χ1n) is 5.59. The van der Waals surface area contributed by atoms with E-state index in [1.807, 2.05) is 6.92 Å². The lowest BCUT2D eigenvalue weighted by atomic mass is 10.2.